The van der Waals surface area contributed by atoms with Crippen molar-refractivity contribution < 1.29 is 22.8 Å². The molecule has 1 aromatic heterocycles. The van der Waals surface area contributed by atoms with E-state index in [0.717, 1.165) is 26.9 Å². The summed E-state index contributed by atoms with van der Waals surface area (Å²) in [6.45, 7) is 3.25. The molecule has 0 saturated heterocycles. The van der Waals surface area contributed by atoms with E-state index in [1.54, 1.807) is 0 Å². The van der Waals surface area contributed by atoms with E-state index >= 15 is 0 Å². The van der Waals surface area contributed by atoms with Gasteiger partial charge in [0.15, 0.2) is 5.69 Å². The summed E-state index contributed by atoms with van der Waals surface area (Å²) in [4.78, 5) is 25.5. The fourth-order valence-corrected chi connectivity index (χ4v) is 2.54. The van der Waals surface area contributed by atoms with E-state index in [-0.39, 0.29) is 0 Å². The van der Waals surface area contributed by atoms with Gasteiger partial charge in [0, 0.05) is 26.0 Å². The first kappa shape index (κ1) is 19.5. The SMILES string of the molecule is Cc1cccc(C)c1NC(=O)CN(C)C(=O)c1cn(C)nc1C(F)(F)F. The quantitative estimate of drug-likeness (QED) is 0.902. The monoisotopic (exact) mass is 368 g/mol. The van der Waals surface area contributed by atoms with Gasteiger partial charge in [-0.1, -0.05) is 18.2 Å². The Kier molecular flexibility index (Phi) is 5.38. The molecule has 2 aromatic rings. The summed E-state index contributed by atoms with van der Waals surface area (Å²) in [5, 5.41) is 5.99. The number of hydrogen-bond acceptors (Lipinski definition) is 3. The highest BCUT2D eigenvalue weighted by Crippen LogP contribution is 2.31. The van der Waals surface area contributed by atoms with Crippen LogP contribution in [0.1, 0.15) is 27.2 Å². The zero-order chi connectivity index (χ0) is 19.6. The van der Waals surface area contributed by atoms with Gasteiger partial charge < -0.3 is 10.2 Å². The average Bonchev–Trinajstić information content (AvgIpc) is 2.92. The average molecular weight is 368 g/mol. The third-order valence-corrected chi connectivity index (χ3v) is 3.80. The van der Waals surface area contributed by atoms with Gasteiger partial charge in [-0.3, -0.25) is 14.3 Å². The predicted molar refractivity (Wildman–Crippen MR) is 89.7 cm³/mol. The van der Waals surface area contributed by atoms with Crippen molar-refractivity contribution in [2.75, 3.05) is 18.9 Å². The van der Waals surface area contributed by atoms with E-state index in [9.17, 15) is 22.8 Å². The summed E-state index contributed by atoms with van der Waals surface area (Å²) in [6, 6.07) is 5.49. The second kappa shape index (κ2) is 7.19. The van der Waals surface area contributed by atoms with Crippen LogP contribution < -0.4 is 5.32 Å². The number of amides is 2. The Morgan fingerprint density at radius 1 is 1.23 bits per heavy atom. The molecule has 2 rings (SSSR count). The number of para-hydroxylation sites is 1. The second-order valence-electron chi connectivity index (χ2n) is 6.04. The summed E-state index contributed by atoms with van der Waals surface area (Å²) in [5.74, 6) is -1.43. The normalized spacial score (nSPS) is 11.3. The molecule has 0 fully saturated rings. The maximum atomic E-state index is 13.0. The first-order chi connectivity index (χ1) is 12.0. The molecule has 9 heteroatoms. The number of hydrogen-bond donors (Lipinski definition) is 1. The molecule has 1 heterocycles. The number of rotatable bonds is 4. The van der Waals surface area contributed by atoms with Crippen molar-refractivity contribution in [1.82, 2.24) is 14.7 Å². The first-order valence-corrected chi connectivity index (χ1v) is 7.73. The molecule has 0 aliphatic carbocycles. The Hall–Kier alpha value is -2.84. The number of nitrogens with one attached hydrogen (secondary N) is 1. The molecule has 0 unspecified atom stereocenters. The van der Waals surface area contributed by atoms with Crippen molar-refractivity contribution in [2.24, 2.45) is 7.05 Å². The van der Waals surface area contributed by atoms with Crippen LogP contribution >= 0.6 is 0 Å². The molecular weight excluding hydrogens is 349 g/mol. The van der Waals surface area contributed by atoms with E-state index in [0.29, 0.717) is 5.69 Å². The minimum absolute atomic E-state index is 0.390. The number of carbonyl (C=O) groups is 2. The van der Waals surface area contributed by atoms with Crippen molar-refractivity contribution in [2.45, 2.75) is 20.0 Å². The van der Waals surface area contributed by atoms with Crippen LogP contribution in [0.3, 0.4) is 0 Å². The minimum atomic E-state index is -4.76. The lowest BCUT2D eigenvalue weighted by atomic mass is 10.1. The van der Waals surface area contributed by atoms with Crippen LogP contribution in [0.2, 0.25) is 0 Å². The number of likely N-dealkylation sites (N-methyl/N-ethyl adjacent to an activating group) is 1. The summed E-state index contributed by atoms with van der Waals surface area (Å²) in [7, 11) is 2.56. The molecule has 140 valence electrons. The van der Waals surface area contributed by atoms with Crippen molar-refractivity contribution in [3.05, 3.63) is 46.8 Å². The largest absolute Gasteiger partial charge is 0.435 e. The van der Waals surface area contributed by atoms with Gasteiger partial charge in [-0.15, -0.1) is 0 Å². The molecule has 0 atom stereocenters. The highest BCUT2D eigenvalue weighted by atomic mass is 19.4. The summed E-state index contributed by atoms with van der Waals surface area (Å²) < 4.78 is 39.9. The van der Waals surface area contributed by atoms with Crippen molar-refractivity contribution >= 4 is 17.5 Å². The fraction of sp³-hybridized carbons (Fsp3) is 0.353. The molecular formula is C17H19F3N4O2. The minimum Gasteiger partial charge on any atom is -0.332 e. The Labute approximate surface area is 148 Å². The zero-order valence-corrected chi connectivity index (χ0v) is 14.8. The number of alkyl halides is 3. The second-order valence-corrected chi connectivity index (χ2v) is 6.04. The molecule has 0 radical (unpaired) electrons. The van der Waals surface area contributed by atoms with Crippen LogP contribution in [0.5, 0.6) is 0 Å². The van der Waals surface area contributed by atoms with Gasteiger partial charge in [0.2, 0.25) is 5.91 Å². The first-order valence-electron chi connectivity index (χ1n) is 7.73. The molecule has 0 bridgehead atoms. The topological polar surface area (TPSA) is 67.2 Å². The van der Waals surface area contributed by atoms with E-state index in [1.807, 2.05) is 32.0 Å². The number of aryl methyl sites for hydroxylation is 3. The van der Waals surface area contributed by atoms with E-state index in [2.05, 4.69) is 10.4 Å². The molecule has 6 nitrogen and oxygen atoms in total. The molecule has 2 amide bonds. The third kappa shape index (κ3) is 4.22. The Bertz CT molecular complexity index is 823. The van der Waals surface area contributed by atoms with E-state index < -0.39 is 35.8 Å². The zero-order valence-electron chi connectivity index (χ0n) is 14.8. The van der Waals surface area contributed by atoms with Crippen molar-refractivity contribution in [3.8, 4) is 0 Å². The van der Waals surface area contributed by atoms with Crippen LogP contribution in [0.15, 0.2) is 24.4 Å². The van der Waals surface area contributed by atoms with Gasteiger partial charge in [0.05, 0.1) is 12.1 Å². The molecule has 26 heavy (non-hydrogen) atoms. The molecule has 0 aliphatic heterocycles. The van der Waals surface area contributed by atoms with Gasteiger partial charge in [-0.05, 0) is 25.0 Å². The Balaban J connectivity index is 2.14. The number of benzene rings is 1. The summed E-state index contributed by atoms with van der Waals surface area (Å²) in [5.41, 5.74) is 0.447. The lowest BCUT2D eigenvalue weighted by Crippen LogP contribution is -2.35. The standard InChI is InChI=1S/C17H19F3N4O2/c1-10-6-5-7-11(2)14(10)21-13(25)9-23(3)16(26)12-8-24(4)22-15(12)17(18,19)20/h5-8H,9H2,1-4H3,(H,21,25). The van der Waals surface area contributed by atoms with Crippen molar-refractivity contribution in [3.63, 3.8) is 0 Å². The van der Waals surface area contributed by atoms with E-state index in [4.69, 9.17) is 0 Å². The van der Waals surface area contributed by atoms with Gasteiger partial charge >= 0.3 is 6.18 Å². The third-order valence-electron chi connectivity index (χ3n) is 3.80. The van der Waals surface area contributed by atoms with Crippen LogP contribution in [0.25, 0.3) is 0 Å². The highest BCUT2D eigenvalue weighted by Gasteiger charge is 2.39. The summed E-state index contributed by atoms with van der Waals surface area (Å²) in [6.07, 6.45) is -3.77. The maximum absolute atomic E-state index is 13.0. The number of carbonyl (C=O) groups excluding carboxylic acids is 2. The molecule has 0 aliphatic rings. The van der Waals surface area contributed by atoms with Crippen LogP contribution in [-0.4, -0.2) is 40.1 Å². The van der Waals surface area contributed by atoms with Crippen LogP contribution in [-0.2, 0) is 18.0 Å². The summed E-state index contributed by atoms with van der Waals surface area (Å²) >= 11 is 0. The molecule has 1 aromatic carbocycles. The smallest absolute Gasteiger partial charge is 0.332 e. The van der Waals surface area contributed by atoms with Gasteiger partial charge in [-0.25, -0.2) is 0 Å². The van der Waals surface area contributed by atoms with Gasteiger partial charge in [-0.2, -0.15) is 18.3 Å². The molecule has 0 saturated carbocycles. The number of halogens is 3. The Morgan fingerprint density at radius 2 is 1.81 bits per heavy atom. The molecule has 1 N–H and O–H groups in total. The predicted octanol–water partition coefficient (Wildman–Crippen LogP) is 2.77. The maximum Gasteiger partial charge on any atom is 0.435 e. The van der Waals surface area contributed by atoms with Crippen LogP contribution in [0, 0.1) is 13.8 Å². The highest BCUT2D eigenvalue weighted by molar-refractivity contribution is 6.00. The number of nitrogens with zero attached hydrogens (tertiary/aromatic N) is 3. The van der Waals surface area contributed by atoms with Gasteiger partial charge in [0.1, 0.15) is 0 Å². The van der Waals surface area contributed by atoms with Crippen molar-refractivity contribution in [1.29, 1.82) is 0 Å². The van der Waals surface area contributed by atoms with Gasteiger partial charge in [0.25, 0.3) is 5.91 Å². The number of aromatic nitrogens is 2. The number of anilines is 1. The molecule has 0 spiro atoms. The fourth-order valence-electron chi connectivity index (χ4n) is 2.54. The van der Waals surface area contributed by atoms with Crippen LogP contribution in [0.4, 0.5) is 18.9 Å². The lowest BCUT2D eigenvalue weighted by molar-refractivity contribution is -0.141. The lowest BCUT2D eigenvalue weighted by Gasteiger charge is -2.18. The van der Waals surface area contributed by atoms with E-state index in [1.165, 1.54) is 14.1 Å². The Morgan fingerprint density at radius 3 is 2.35 bits per heavy atom.